The molecule has 3 nitrogen and oxygen atoms in total. The number of hydrogen-bond acceptors (Lipinski definition) is 2. The number of rotatable bonds is 7. The maximum Gasteiger partial charge on any atom is 0.339 e. The summed E-state index contributed by atoms with van der Waals surface area (Å²) in [4.78, 5) is 11.1. The first kappa shape index (κ1) is 13.6. The van der Waals surface area contributed by atoms with E-state index in [1.54, 1.807) is 12.1 Å². The first-order valence-corrected chi connectivity index (χ1v) is 6.18. The molecule has 0 bridgehead atoms. The van der Waals surface area contributed by atoms with Crippen molar-refractivity contribution in [3.05, 3.63) is 29.3 Å². The fourth-order valence-electron chi connectivity index (χ4n) is 1.83. The molecule has 1 aromatic rings. The van der Waals surface area contributed by atoms with Crippen LogP contribution in [0, 0.1) is 0 Å². The van der Waals surface area contributed by atoms with Crippen LogP contribution in [0.2, 0.25) is 0 Å². The second-order valence-corrected chi connectivity index (χ2v) is 3.99. The molecule has 94 valence electrons. The van der Waals surface area contributed by atoms with E-state index in [2.05, 4.69) is 6.92 Å². The minimum atomic E-state index is -0.925. The van der Waals surface area contributed by atoms with Crippen LogP contribution < -0.4 is 4.74 Å². The molecule has 0 heterocycles. The lowest BCUT2D eigenvalue weighted by atomic mass is 10.0. The van der Waals surface area contributed by atoms with Gasteiger partial charge in [0.05, 0.1) is 6.61 Å². The molecule has 1 aromatic carbocycles. The Kier molecular flexibility index (Phi) is 5.53. The van der Waals surface area contributed by atoms with Crippen LogP contribution in [-0.2, 0) is 6.42 Å². The second kappa shape index (κ2) is 6.94. The summed E-state index contributed by atoms with van der Waals surface area (Å²) >= 11 is 0. The normalized spacial score (nSPS) is 10.2. The first-order valence-electron chi connectivity index (χ1n) is 6.18. The number of aromatic carboxylic acids is 1. The van der Waals surface area contributed by atoms with Crippen LogP contribution >= 0.6 is 0 Å². The van der Waals surface area contributed by atoms with Crippen molar-refractivity contribution in [3.63, 3.8) is 0 Å². The molecule has 0 aromatic heterocycles. The van der Waals surface area contributed by atoms with Crippen molar-refractivity contribution in [2.75, 3.05) is 6.61 Å². The van der Waals surface area contributed by atoms with Gasteiger partial charge >= 0.3 is 5.97 Å². The van der Waals surface area contributed by atoms with Gasteiger partial charge in [0.25, 0.3) is 0 Å². The van der Waals surface area contributed by atoms with E-state index in [0.717, 1.165) is 31.2 Å². The number of ether oxygens (including phenoxy) is 1. The average Bonchev–Trinajstić information content (AvgIpc) is 2.31. The number of para-hydroxylation sites is 1. The van der Waals surface area contributed by atoms with E-state index in [-0.39, 0.29) is 5.56 Å². The van der Waals surface area contributed by atoms with E-state index in [1.807, 2.05) is 13.0 Å². The van der Waals surface area contributed by atoms with Gasteiger partial charge in [0.1, 0.15) is 11.3 Å². The predicted molar refractivity (Wildman–Crippen MR) is 67.8 cm³/mol. The summed E-state index contributed by atoms with van der Waals surface area (Å²) < 4.78 is 5.48. The summed E-state index contributed by atoms with van der Waals surface area (Å²) in [6.07, 6.45) is 4.26. The Labute approximate surface area is 102 Å². The van der Waals surface area contributed by atoms with Crippen molar-refractivity contribution in [2.24, 2.45) is 0 Å². The Bertz CT molecular complexity index is 372. The molecule has 1 N–H and O–H groups in total. The van der Waals surface area contributed by atoms with E-state index in [0.29, 0.717) is 12.4 Å². The summed E-state index contributed by atoms with van der Waals surface area (Å²) in [5, 5.41) is 9.11. The zero-order valence-electron chi connectivity index (χ0n) is 10.5. The van der Waals surface area contributed by atoms with Gasteiger partial charge in [-0.3, -0.25) is 0 Å². The van der Waals surface area contributed by atoms with Gasteiger partial charge in [-0.2, -0.15) is 0 Å². The van der Waals surface area contributed by atoms with Gasteiger partial charge in [0.2, 0.25) is 0 Å². The minimum Gasteiger partial charge on any atom is -0.493 e. The molecule has 17 heavy (non-hydrogen) atoms. The predicted octanol–water partition coefficient (Wildman–Crippen LogP) is 3.52. The largest absolute Gasteiger partial charge is 0.493 e. The molecule has 0 amide bonds. The topological polar surface area (TPSA) is 46.5 Å². The quantitative estimate of drug-likeness (QED) is 0.737. The molecule has 0 aliphatic heterocycles. The van der Waals surface area contributed by atoms with Gasteiger partial charge in [-0.05, 0) is 31.4 Å². The maximum atomic E-state index is 11.1. The smallest absolute Gasteiger partial charge is 0.339 e. The van der Waals surface area contributed by atoms with Crippen molar-refractivity contribution in [2.45, 2.75) is 39.5 Å². The van der Waals surface area contributed by atoms with Crippen molar-refractivity contribution < 1.29 is 14.6 Å². The molecule has 3 heteroatoms. The van der Waals surface area contributed by atoms with Gasteiger partial charge in [0, 0.05) is 0 Å². The summed E-state index contributed by atoms with van der Waals surface area (Å²) in [6, 6.07) is 5.33. The van der Waals surface area contributed by atoms with E-state index in [1.165, 1.54) is 0 Å². The van der Waals surface area contributed by atoms with Crippen molar-refractivity contribution >= 4 is 5.97 Å². The third-order valence-electron chi connectivity index (χ3n) is 2.67. The Hall–Kier alpha value is -1.51. The first-order chi connectivity index (χ1) is 8.20. The van der Waals surface area contributed by atoms with Crippen molar-refractivity contribution in [1.82, 2.24) is 0 Å². The molecular formula is C14H20O3. The van der Waals surface area contributed by atoms with Gasteiger partial charge < -0.3 is 9.84 Å². The van der Waals surface area contributed by atoms with Crippen LogP contribution in [0.25, 0.3) is 0 Å². The molecule has 0 aliphatic rings. The lowest BCUT2D eigenvalue weighted by Crippen LogP contribution is -2.05. The Morgan fingerprint density at radius 2 is 2.06 bits per heavy atom. The maximum absolute atomic E-state index is 11.1. The van der Waals surface area contributed by atoms with E-state index in [4.69, 9.17) is 9.84 Å². The lowest BCUT2D eigenvalue weighted by Gasteiger charge is -2.12. The van der Waals surface area contributed by atoms with E-state index in [9.17, 15) is 4.79 Å². The van der Waals surface area contributed by atoms with Crippen LogP contribution in [0.3, 0.4) is 0 Å². The molecule has 1 rings (SSSR count). The van der Waals surface area contributed by atoms with Crippen LogP contribution in [0.1, 0.15) is 49.0 Å². The fraction of sp³-hybridized carbons (Fsp3) is 0.500. The monoisotopic (exact) mass is 236 g/mol. The summed E-state index contributed by atoms with van der Waals surface area (Å²) in [5.41, 5.74) is 1.26. The number of benzene rings is 1. The zero-order chi connectivity index (χ0) is 12.7. The third kappa shape index (κ3) is 3.77. The molecule has 0 unspecified atom stereocenters. The Morgan fingerprint density at radius 1 is 1.29 bits per heavy atom. The number of unbranched alkanes of at least 4 members (excludes halogenated alkanes) is 2. The van der Waals surface area contributed by atoms with Crippen LogP contribution in [0.5, 0.6) is 5.75 Å². The van der Waals surface area contributed by atoms with E-state index >= 15 is 0 Å². The molecule has 0 saturated heterocycles. The molecular weight excluding hydrogens is 216 g/mol. The minimum absolute atomic E-state index is 0.265. The van der Waals surface area contributed by atoms with Gasteiger partial charge in [-0.15, -0.1) is 0 Å². The Morgan fingerprint density at radius 3 is 2.65 bits per heavy atom. The third-order valence-corrected chi connectivity index (χ3v) is 2.67. The molecule has 0 spiro atoms. The number of aryl methyl sites for hydroxylation is 1. The summed E-state index contributed by atoms with van der Waals surface area (Å²) in [5.74, 6) is -0.385. The van der Waals surface area contributed by atoms with Gasteiger partial charge in [0.15, 0.2) is 0 Å². The SMILES string of the molecule is CCCCCc1cccc(C(=O)O)c1OCC. The fourth-order valence-corrected chi connectivity index (χ4v) is 1.83. The van der Waals surface area contributed by atoms with Gasteiger partial charge in [-0.1, -0.05) is 31.9 Å². The highest BCUT2D eigenvalue weighted by Crippen LogP contribution is 2.26. The number of carbonyl (C=O) groups is 1. The van der Waals surface area contributed by atoms with Crippen molar-refractivity contribution in [1.29, 1.82) is 0 Å². The summed E-state index contributed by atoms with van der Waals surface area (Å²) in [6.45, 7) is 4.51. The highest BCUT2D eigenvalue weighted by molar-refractivity contribution is 5.91. The molecule has 0 atom stereocenters. The zero-order valence-corrected chi connectivity index (χ0v) is 10.5. The number of carboxylic acid groups (broad SMARTS) is 1. The molecule has 0 fully saturated rings. The highest BCUT2D eigenvalue weighted by Gasteiger charge is 2.14. The van der Waals surface area contributed by atoms with Crippen LogP contribution in [0.4, 0.5) is 0 Å². The second-order valence-electron chi connectivity index (χ2n) is 3.99. The van der Waals surface area contributed by atoms with Crippen LogP contribution in [-0.4, -0.2) is 17.7 Å². The average molecular weight is 236 g/mol. The molecule has 0 radical (unpaired) electrons. The van der Waals surface area contributed by atoms with Gasteiger partial charge in [-0.25, -0.2) is 4.79 Å². The standard InChI is InChI=1S/C14H20O3/c1-3-5-6-8-11-9-7-10-12(14(15)16)13(11)17-4-2/h7,9-10H,3-6,8H2,1-2H3,(H,15,16). The molecule has 0 aliphatic carbocycles. The lowest BCUT2D eigenvalue weighted by molar-refractivity contribution is 0.0692. The summed E-state index contributed by atoms with van der Waals surface area (Å²) in [7, 11) is 0. The van der Waals surface area contributed by atoms with Crippen molar-refractivity contribution in [3.8, 4) is 5.75 Å². The van der Waals surface area contributed by atoms with E-state index < -0.39 is 5.97 Å². The number of carboxylic acids is 1. The number of hydrogen-bond donors (Lipinski definition) is 1. The molecule has 0 saturated carbocycles. The highest BCUT2D eigenvalue weighted by atomic mass is 16.5. The Balaban J connectivity index is 2.93. The van der Waals surface area contributed by atoms with Crippen LogP contribution in [0.15, 0.2) is 18.2 Å².